The average molecular weight is 290 g/mol. The molecule has 1 aliphatic carbocycles. The summed E-state index contributed by atoms with van der Waals surface area (Å²) in [7, 11) is 2.26. The summed E-state index contributed by atoms with van der Waals surface area (Å²) in [5, 5.41) is 0. The zero-order valence-electron chi connectivity index (χ0n) is 13.6. The highest BCUT2D eigenvalue weighted by Gasteiger charge is 2.22. The van der Waals surface area contributed by atoms with Crippen molar-refractivity contribution >= 4 is 5.69 Å². The van der Waals surface area contributed by atoms with Crippen LogP contribution >= 0.6 is 0 Å². The van der Waals surface area contributed by atoms with Crippen molar-refractivity contribution in [2.45, 2.75) is 51.5 Å². The summed E-state index contributed by atoms with van der Waals surface area (Å²) < 4.78 is 5.75. The number of ether oxygens (including phenoxy) is 1. The third-order valence-electron chi connectivity index (χ3n) is 4.80. The van der Waals surface area contributed by atoms with Gasteiger partial charge in [-0.3, -0.25) is 0 Å². The molecule has 0 atom stereocenters. The summed E-state index contributed by atoms with van der Waals surface area (Å²) in [5.74, 6) is 1.85. The minimum Gasteiger partial charge on any atom is -0.493 e. The van der Waals surface area contributed by atoms with Crippen molar-refractivity contribution in [3.05, 3.63) is 24.3 Å². The molecule has 0 bridgehead atoms. The molecule has 0 radical (unpaired) electrons. The Balaban J connectivity index is 1.62. The highest BCUT2D eigenvalue weighted by Crippen LogP contribution is 2.28. The molecule has 21 heavy (non-hydrogen) atoms. The van der Waals surface area contributed by atoms with E-state index in [0.29, 0.717) is 0 Å². The van der Waals surface area contributed by atoms with Crippen LogP contribution in [-0.2, 0) is 0 Å². The van der Waals surface area contributed by atoms with Gasteiger partial charge < -0.3 is 15.4 Å². The first-order valence-electron chi connectivity index (χ1n) is 8.37. The van der Waals surface area contributed by atoms with E-state index in [1.807, 2.05) is 24.3 Å². The maximum Gasteiger partial charge on any atom is 0.121 e. The largest absolute Gasteiger partial charge is 0.493 e. The molecular formula is C18H30N2O. The minimum absolute atomic E-state index is 0.761. The molecule has 0 aliphatic heterocycles. The van der Waals surface area contributed by atoms with E-state index in [1.165, 1.54) is 32.1 Å². The number of hydrogen-bond acceptors (Lipinski definition) is 3. The minimum atomic E-state index is 0.761. The number of nitrogens with two attached hydrogens (primary N) is 1. The molecule has 0 aromatic heterocycles. The van der Waals surface area contributed by atoms with Crippen LogP contribution in [0.5, 0.6) is 5.75 Å². The Bertz CT molecular complexity index is 413. The van der Waals surface area contributed by atoms with E-state index in [9.17, 15) is 0 Å². The smallest absolute Gasteiger partial charge is 0.121 e. The van der Waals surface area contributed by atoms with Crippen molar-refractivity contribution in [1.82, 2.24) is 4.90 Å². The maximum absolute atomic E-state index is 5.75. The Morgan fingerprint density at radius 1 is 1.24 bits per heavy atom. The van der Waals surface area contributed by atoms with Crippen LogP contribution < -0.4 is 10.5 Å². The molecule has 2 N–H and O–H groups in total. The molecule has 0 spiro atoms. The second-order valence-corrected chi connectivity index (χ2v) is 6.34. The lowest BCUT2D eigenvalue weighted by Gasteiger charge is -2.34. The molecule has 3 heteroatoms. The Hall–Kier alpha value is -1.22. The lowest BCUT2D eigenvalue weighted by Crippen LogP contribution is -2.36. The van der Waals surface area contributed by atoms with Gasteiger partial charge in [-0.25, -0.2) is 0 Å². The number of nitrogens with zero attached hydrogens (tertiary/aromatic N) is 1. The molecule has 1 aliphatic rings. The zero-order chi connectivity index (χ0) is 15.1. The SMILES string of the molecule is CCC1CCC(N(C)CCCOc2cccc(N)c2)CC1. The van der Waals surface area contributed by atoms with Crippen molar-refractivity contribution in [3.63, 3.8) is 0 Å². The third-order valence-corrected chi connectivity index (χ3v) is 4.80. The standard InChI is InChI=1S/C18H30N2O/c1-3-15-8-10-17(11-9-15)20(2)12-5-13-21-18-7-4-6-16(19)14-18/h4,6-7,14-15,17H,3,5,8-13,19H2,1-2H3. The van der Waals surface area contributed by atoms with Gasteiger partial charge in [-0.15, -0.1) is 0 Å². The number of hydrogen-bond donors (Lipinski definition) is 1. The van der Waals surface area contributed by atoms with Gasteiger partial charge in [0.05, 0.1) is 6.61 Å². The summed E-state index contributed by atoms with van der Waals surface area (Å²) in [6.07, 6.45) is 7.97. The lowest BCUT2D eigenvalue weighted by atomic mass is 9.84. The first-order valence-corrected chi connectivity index (χ1v) is 8.37. The normalized spacial score (nSPS) is 22.4. The molecule has 118 valence electrons. The van der Waals surface area contributed by atoms with Gasteiger partial charge in [-0.05, 0) is 57.2 Å². The fraction of sp³-hybridized carbons (Fsp3) is 0.667. The van der Waals surface area contributed by atoms with Gasteiger partial charge >= 0.3 is 0 Å². The monoisotopic (exact) mass is 290 g/mol. The van der Waals surface area contributed by atoms with Crippen molar-refractivity contribution in [2.24, 2.45) is 5.92 Å². The van der Waals surface area contributed by atoms with Gasteiger partial charge in [0.25, 0.3) is 0 Å². The Labute approximate surface area is 129 Å². The fourth-order valence-electron chi connectivity index (χ4n) is 3.28. The molecule has 0 saturated heterocycles. The van der Waals surface area contributed by atoms with Gasteiger partial charge in [-0.2, -0.15) is 0 Å². The summed E-state index contributed by atoms with van der Waals surface area (Å²) in [6, 6.07) is 8.44. The van der Waals surface area contributed by atoms with Crippen LogP contribution in [0, 0.1) is 5.92 Å². The van der Waals surface area contributed by atoms with Crippen molar-refractivity contribution in [2.75, 3.05) is 25.9 Å². The number of nitrogen functional groups attached to an aromatic ring is 1. The van der Waals surface area contributed by atoms with Crippen molar-refractivity contribution in [1.29, 1.82) is 0 Å². The first-order chi connectivity index (χ1) is 10.2. The van der Waals surface area contributed by atoms with Crippen LogP contribution in [-0.4, -0.2) is 31.1 Å². The molecule has 1 aromatic rings. The van der Waals surface area contributed by atoms with E-state index in [4.69, 9.17) is 10.5 Å². The molecule has 0 unspecified atom stereocenters. The van der Waals surface area contributed by atoms with E-state index in [-0.39, 0.29) is 0 Å². The summed E-state index contributed by atoms with van der Waals surface area (Å²) in [4.78, 5) is 2.52. The zero-order valence-corrected chi connectivity index (χ0v) is 13.6. The first kappa shape index (κ1) is 16.2. The van der Waals surface area contributed by atoms with Crippen LogP contribution in [0.1, 0.15) is 45.4 Å². The molecule has 0 amide bonds. The lowest BCUT2D eigenvalue weighted by molar-refractivity contribution is 0.154. The topological polar surface area (TPSA) is 38.5 Å². The highest BCUT2D eigenvalue weighted by molar-refractivity contribution is 5.43. The van der Waals surface area contributed by atoms with Gasteiger partial charge in [-0.1, -0.05) is 19.4 Å². The molecule has 1 saturated carbocycles. The molecular weight excluding hydrogens is 260 g/mol. The van der Waals surface area contributed by atoms with E-state index in [2.05, 4.69) is 18.9 Å². The van der Waals surface area contributed by atoms with E-state index in [0.717, 1.165) is 43.0 Å². The maximum atomic E-state index is 5.75. The van der Waals surface area contributed by atoms with Gasteiger partial charge in [0.2, 0.25) is 0 Å². The Morgan fingerprint density at radius 2 is 2.00 bits per heavy atom. The van der Waals surface area contributed by atoms with Crippen LogP contribution in [0.4, 0.5) is 5.69 Å². The quantitative estimate of drug-likeness (QED) is 0.610. The van der Waals surface area contributed by atoms with Crippen LogP contribution in [0.15, 0.2) is 24.3 Å². The Morgan fingerprint density at radius 3 is 2.67 bits per heavy atom. The van der Waals surface area contributed by atoms with Crippen molar-refractivity contribution in [3.8, 4) is 5.75 Å². The van der Waals surface area contributed by atoms with E-state index in [1.54, 1.807) is 0 Å². The van der Waals surface area contributed by atoms with E-state index >= 15 is 0 Å². The third kappa shape index (κ3) is 5.24. The van der Waals surface area contributed by atoms with E-state index < -0.39 is 0 Å². The molecule has 2 rings (SSSR count). The van der Waals surface area contributed by atoms with Crippen LogP contribution in [0.25, 0.3) is 0 Å². The van der Waals surface area contributed by atoms with Crippen molar-refractivity contribution < 1.29 is 4.74 Å². The Kier molecular flexibility index (Phi) is 6.37. The second-order valence-electron chi connectivity index (χ2n) is 6.34. The predicted molar refractivity (Wildman–Crippen MR) is 89.6 cm³/mol. The van der Waals surface area contributed by atoms with Crippen LogP contribution in [0.3, 0.4) is 0 Å². The number of anilines is 1. The number of benzene rings is 1. The second kappa shape index (κ2) is 8.28. The molecule has 3 nitrogen and oxygen atoms in total. The van der Waals surface area contributed by atoms with Gasteiger partial charge in [0.1, 0.15) is 5.75 Å². The summed E-state index contributed by atoms with van der Waals surface area (Å²) in [5.41, 5.74) is 6.50. The van der Waals surface area contributed by atoms with Gasteiger partial charge in [0.15, 0.2) is 0 Å². The number of rotatable bonds is 7. The highest BCUT2D eigenvalue weighted by atomic mass is 16.5. The molecule has 1 aromatic carbocycles. The molecule has 1 fully saturated rings. The summed E-state index contributed by atoms with van der Waals surface area (Å²) >= 11 is 0. The average Bonchev–Trinajstić information content (AvgIpc) is 2.51. The van der Waals surface area contributed by atoms with Gasteiger partial charge in [0, 0.05) is 24.3 Å². The molecule has 0 heterocycles. The summed E-state index contributed by atoms with van der Waals surface area (Å²) in [6.45, 7) is 4.20. The van der Waals surface area contributed by atoms with Crippen LogP contribution in [0.2, 0.25) is 0 Å². The predicted octanol–water partition coefficient (Wildman–Crippen LogP) is 3.94. The fourth-order valence-corrected chi connectivity index (χ4v) is 3.28.